The molecule has 20 heavy (non-hydrogen) atoms. The predicted molar refractivity (Wildman–Crippen MR) is 82.6 cm³/mol. The monoisotopic (exact) mass is 272 g/mol. The van der Waals surface area contributed by atoms with E-state index < -0.39 is 0 Å². The van der Waals surface area contributed by atoms with E-state index in [0.717, 1.165) is 37.3 Å². The van der Waals surface area contributed by atoms with Gasteiger partial charge in [0, 0.05) is 42.3 Å². The van der Waals surface area contributed by atoms with Gasteiger partial charge in [-0.25, -0.2) is 0 Å². The standard InChI is InChI=1S/C16H24N4/c1-5-7-17-9-14-8-15(11-18-10-14)16-12(3)19-20(6-2)13(16)4/h8,10-11,17H,5-7,9H2,1-4H3. The number of aryl methyl sites for hydroxylation is 2. The summed E-state index contributed by atoms with van der Waals surface area (Å²) in [4.78, 5) is 4.38. The second kappa shape index (κ2) is 6.66. The molecule has 0 aliphatic heterocycles. The SMILES string of the molecule is CCCNCc1cncc(-c2c(C)nn(CC)c2C)c1. The van der Waals surface area contributed by atoms with E-state index in [4.69, 9.17) is 0 Å². The van der Waals surface area contributed by atoms with E-state index in [1.54, 1.807) is 0 Å². The molecule has 2 aromatic rings. The Morgan fingerprint density at radius 2 is 2.00 bits per heavy atom. The van der Waals surface area contributed by atoms with Crippen molar-refractivity contribution in [2.24, 2.45) is 0 Å². The molecule has 0 aliphatic rings. The Morgan fingerprint density at radius 1 is 1.20 bits per heavy atom. The molecule has 0 fully saturated rings. The molecule has 0 saturated carbocycles. The van der Waals surface area contributed by atoms with E-state index in [-0.39, 0.29) is 0 Å². The summed E-state index contributed by atoms with van der Waals surface area (Å²) in [6.45, 7) is 11.3. The Bertz CT molecular complexity index is 572. The molecular formula is C16H24N4. The third-order valence-corrected chi connectivity index (χ3v) is 3.52. The number of pyridine rings is 1. The molecule has 4 heteroatoms. The van der Waals surface area contributed by atoms with Crippen LogP contribution < -0.4 is 5.32 Å². The lowest BCUT2D eigenvalue weighted by Crippen LogP contribution is -2.13. The van der Waals surface area contributed by atoms with Gasteiger partial charge in [0.25, 0.3) is 0 Å². The first-order valence-corrected chi connectivity index (χ1v) is 7.36. The topological polar surface area (TPSA) is 42.7 Å². The highest BCUT2D eigenvalue weighted by molar-refractivity contribution is 5.68. The zero-order chi connectivity index (χ0) is 14.5. The van der Waals surface area contributed by atoms with Crippen molar-refractivity contribution in [1.29, 1.82) is 0 Å². The minimum absolute atomic E-state index is 0.870. The molecule has 2 heterocycles. The van der Waals surface area contributed by atoms with Crippen LogP contribution in [0.1, 0.15) is 37.2 Å². The van der Waals surface area contributed by atoms with Crippen LogP contribution in [-0.2, 0) is 13.1 Å². The zero-order valence-corrected chi connectivity index (χ0v) is 12.9. The van der Waals surface area contributed by atoms with Gasteiger partial charge in [-0.05, 0) is 45.4 Å². The number of rotatable bonds is 6. The van der Waals surface area contributed by atoms with Crippen molar-refractivity contribution in [3.63, 3.8) is 0 Å². The number of nitrogens with zero attached hydrogens (tertiary/aromatic N) is 3. The fourth-order valence-corrected chi connectivity index (χ4v) is 2.55. The van der Waals surface area contributed by atoms with Gasteiger partial charge in [-0.1, -0.05) is 6.92 Å². The molecular weight excluding hydrogens is 248 g/mol. The molecule has 0 saturated heterocycles. The average molecular weight is 272 g/mol. The van der Waals surface area contributed by atoms with Gasteiger partial charge in [0.2, 0.25) is 0 Å². The smallest absolute Gasteiger partial charge is 0.0675 e. The molecule has 2 rings (SSSR count). The van der Waals surface area contributed by atoms with Crippen molar-refractivity contribution in [2.75, 3.05) is 6.54 Å². The molecule has 1 N–H and O–H groups in total. The lowest BCUT2D eigenvalue weighted by molar-refractivity contribution is 0.634. The maximum atomic E-state index is 4.58. The van der Waals surface area contributed by atoms with Crippen molar-refractivity contribution in [1.82, 2.24) is 20.1 Å². The van der Waals surface area contributed by atoms with E-state index in [9.17, 15) is 0 Å². The Labute approximate surface area is 121 Å². The van der Waals surface area contributed by atoms with Gasteiger partial charge in [0.15, 0.2) is 0 Å². The highest BCUT2D eigenvalue weighted by atomic mass is 15.3. The summed E-state index contributed by atoms with van der Waals surface area (Å²) in [7, 11) is 0. The highest BCUT2D eigenvalue weighted by Crippen LogP contribution is 2.26. The quantitative estimate of drug-likeness (QED) is 0.822. The summed E-state index contributed by atoms with van der Waals surface area (Å²) in [5.74, 6) is 0. The summed E-state index contributed by atoms with van der Waals surface area (Å²) in [6, 6.07) is 2.21. The molecule has 0 radical (unpaired) electrons. The van der Waals surface area contributed by atoms with Crippen LogP contribution in [0.2, 0.25) is 0 Å². The van der Waals surface area contributed by atoms with Crippen LogP contribution in [0.5, 0.6) is 0 Å². The van der Waals surface area contributed by atoms with Crippen LogP contribution in [0, 0.1) is 13.8 Å². The van der Waals surface area contributed by atoms with Crippen LogP contribution in [0.3, 0.4) is 0 Å². The molecule has 0 amide bonds. The van der Waals surface area contributed by atoms with Crippen molar-refractivity contribution in [3.8, 4) is 11.1 Å². The second-order valence-corrected chi connectivity index (χ2v) is 5.12. The summed E-state index contributed by atoms with van der Waals surface area (Å²) in [5.41, 5.74) is 5.89. The first kappa shape index (κ1) is 14.7. The van der Waals surface area contributed by atoms with E-state index in [0.29, 0.717) is 0 Å². The van der Waals surface area contributed by atoms with E-state index in [2.05, 4.69) is 49.2 Å². The Morgan fingerprint density at radius 3 is 2.65 bits per heavy atom. The minimum Gasteiger partial charge on any atom is -0.313 e. The average Bonchev–Trinajstić information content (AvgIpc) is 2.74. The molecule has 0 unspecified atom stereocenters. The van der Waals surface area contributed by atoms with Crippen LogP contribution >= 0.6 is 0 Å². The molecule has 2 aromatic heterocycles. The Hall–Kier alpha value is -1.68. The van der Waals surface area contributed by atoms with E-state index in [1.165, 1.54) is 16.8 Å². The summed E-state index contributed by atoms with van der Waals surface area (Å²) in [6.07, 6.45) is 5.01. The third-order valence-electron chi connectivity index (χ3n) is 3.52. The molecule has 0 spiro atoms. The highest BCUT2D eigenvalue weighted by Gasteiger charge is 2.13. The maximum absolute atomic E-state index is 4.58. The van der Waals surface area contributed by atoms with Gasteiger partial charge < -0.3 is 5.32 Å². The Balaban J connectivity index is 2.29. The molecule has 108 valence electrons. The largest absolute Gasteiger partial charge is 0.313 e. The predicted octanol–water partition coefficient (Wildman–Crippen LogP) is 3.08. The fourth-order valence-electron chi connectivity index (χ4n) is 2.55. The van der Waals surface area contributed by atoms with Gasteiger partial charge in [-0.2, -0.15) is 5.10 Å². The van der Waals surface area contributed by atoms with Crippen LogP contribution in [0.15, 0.2) is 18.5 Å². The number of hydrogen-bond donors (Lipinski definition) is 1. The lowest BCUT2D eigenvalue weighted by Gasteiger charge is -2.07. The number of hydrogen-bond acceptors (Lipinski definition) is 3. The van der Waals surface area contributed by atoms with Crippen molar-refractivity contribution >= 4 is 0 Å². The fraction of sp³-hybridized carbons (Fsp3) is 0.500. The van der Waals surface area contributed by atoms with Crippen molar-refractivity contribution < 1.29 is 0 Å². The van der Waals surface area contributed by atoms with Crippen LogP contribution in [-0.4, -0.2) is 21.3 Å². The number of nitrogens with one attached hydrogen (secondary N) is 1. The van der Waals surface area contributed by atoms with Crippen LogP contribution in [0.4, 0.5) is 0 Å². The van der Waals surface area contributed by atoms with Crippen molar-refractivity contribution in [2.45, 2.75) is 47.2 Å². The molecule has 4 nitrogen and oxygen atoms in total. The Kier molecular flexibility index (Phi) is 4.90. The second-order valence-electron chi connectivity index (χ2n) is 5.12. The summed E-state index contributed by atoms with van der Waals surface area (Å²) in [5, 5.41) is 8.00. The third kappa shape index (κ3) is 3.07. The van der Waals surface area contributed by atoms with Gasteiger partial charge in [-0.3, -0.25) is 9.67 Å². The molecule has 0 bridgehead atoms. The molecule has 0 atom stereocenters. The van der Waals surface area contributed by atoms with Gasteiger partial charge in [0.1, 0.15) is 0 Å². The van der Waals surface area contributed by atoms with Gasteiger partial charge in [0.05, 0.1) is 5.69 Å². The lowest BCUT2D eigenvalue weighted by atomic mass is 10.0. The minimum atomic E-state index is 0.870. The van der Waals surface area contributed by atoms with E-state index >= 15 is 0 Å². The first-order valence-electron chi connectivity index (χ1n) is 7.36. The van der Waals surface area contributed by atoms with Gasteiger partial charge >= 0.3 is 0 Å². The maximum Gasteiger partial charge on any atom is 0.0675 e. The number of aromatic nitrogens is 3. The van der Waals surface area contributed by atoms with Crippen LogP contribution in [0.25, 0.3) is 11.1 Å². The summed E-state index contributed by atoms with van der Waals surface area (Å²) >= 11 is 0. The first-order chi connectivity index (χ1) is 9.67. The normalized spacial score (nSPS) is 11.0. The summed E-state index contributed by atoms with van der Waals surface area (Å²) < 4.78 is 2.05. The van der Waals surface area contributed by atoms with Crippen molar-refractivity contribution in [3.05, 3.63) is 35.4 Å². The van der Waals surface area contributed by atoms with E-state index in [1.807, 2.05) is 17.1 Å². The van der Waals surface area contributed by atoms with Gasteiger partial charge in [-0.15, -0.1) is 0 Å². The molecule has 0 aromatic carbocycles. The zero-order valence-electron chi connectivity index (χ0n) is 12.9. The molecule has 0 aliphatic carbocycles.